The number of aryl methyl sites for hydroxylation is 1. The topological polar surface area (TPSA) is 22.1 Å². The van der Waals surface area contributed by atoms with Crippen LogP contribution in [-0.4, -0.2) is 11.6 Å². The molecule has 1 unspecified atom stereocenters. The normalized spacial score (nSPS) is 12.1. The minimum Gasteiger partial charge on any atom is -0.494 e. The lowest BCUT2D eigenvalue weighted by molar-refractivity contribution is 0.294. The first-order valence-corrected chi connectivity index (χ1v) is 11.4. The van der Waals surface area contributed by atoms with Gasteiger partial charge in [-0.25, -0.2) is 0 Å². The molecule has 0 fully saturated rings. The highest BCUT2D eigenvalue weighted by molar-refractivity contribution is 5.60. The third-order valence-corrected chi connectivity index (χ3v) is 5.60. The molecule has 0 spiro atoms. The monoisotopic (exact) mass is 381 g/mol. The predicted octanol–water partition coefficient (Wildman–Crippen LogP) is 7.86. The van der Waals surface area contributed by atoms with E-state index < -0.39 is 0 Å². The van der Waals surface area contributed by atoms with Gasteiger partial charge in [0.2, 0.25) is 0 Å². The van der Waals surface area contributed by atoms with Gasteiger partial charge in [0.05, 0.1) is 12.3 Å². The summed E-state index contributed by atoms with van der Waals surface area (Å²) in [5, 5.41) is 0. The molecule has 0 radical (unpaired) electrons. The van der Waals surface area contributed by atoms with Gasteiger partial charge in [0, 0.05) is 11.8 Å². The summed E-state index contributed by atoms with van der Waals surface area (Å²) in [7, 11) is 0. The fraction of sp³-hybridized carbons (Fsp3) is 0.577. The van der Waals surface area contributed by atoms with Gasteiger partial charge in [-0.3, -0.25) is 4.98 Å². The zero-order chi connectivity index (χ0) is 20.0. The lowest BCUT2D eigenvalue weighted by Gasteiger charge is -2.10. The second-order valence-corrected chi connectivity index (χ2v) is 8.10. The van der Waals surface area contributed by atoms with E-state index in [-0.39, 0.29) is 0 Å². The number of ether oxygens (including phenoxy) is 1. The lowest BCUT2D eigenvalue weighted by Crippen LogP contribution is -2.00. The molecule has 0 amide bonds. The molecule has 2 aromatic rings. The Morgan fingerprint density at radius 2 is 1.61 bits per heavy atom. The molecular weight excluding hydrogens is 342 g/mol. The molecule has 1 heterocycles. The number of rotatable bonds is 14. The van der Waals surface area contributed by atoms with Crippen LogP contribution in [0.2, 0.25) is 0 Å². The molecule has 0 bridgehead atoms. The maximum atomic E-state index is 5.87. The van der Waals surface area contributed by atoms with Crippen LogP contribution in [0.5, 0.6) is 5.75 Å². The third-order valence-electron chi connectivity index (χ3n) is 5.60. The van der Waals surface area contributed by atoms with Gasteiger partial charge in [-0.1, -0.05) is 65.4 Å². The van der Waals surface area contributed by atoms with Crippen LogP contribution in [0, 0.1) is 5.92 Å². The number of pyridine rings is 1. The quantitative estimate of drug-likeness (QED) is 0.311. The Bertz CT molecular complexity index is 632. The van der Waals surface area contributed by atoms with Crippen molar-refractivity contribution < 1.29 is 4.74 Å². The van der Waals surface area contributed by atoms with Crippen molar-refractivity contribution >= 4 is 0 Å². The van der Waals surface area contributed by atoms with Gasteiger partial charge in [-0.2, -0.15) is 0 Å². The van der Waals surface area contributed by atoms with Gasteiger partial charge >= 0.3 is 0 Å². The van der Waals surface area contributed by atoms with E-state index in [1.54, 1.807) is 0 Å². The summed E-state index contributed by atoms with van der Waals surface area (Å²) in [5.74, 6) is 1.74. The van der Waals surface area contributed by atoms with Crippen molar-refractivity contribution in [2.24, 2.45) is 5.92 Å². The van der Waals surface area contributed by atoms with E-state index in [0.29, 0.717) is 0 Å². The number of aromatic nitrogens is 1. The van der Waals surface area contributed by atoms with Crippen LogP contribution in [0.25, 0.3) is 11.3 Å². The highest BCUT2D eigenvalue weighted by Gasteiger charge is 2.03. The Labute approximate surface area is 172 Å². The van der Waals surface area contributed by atoms with Crippen molar-refractivity contribution in [3.8, 4) is 17.0 Å². The van der Waals surface area contributed by atoms with Crippen LogP contribution in [-0.2, 0) is 6.42 Å². The van der Waals surface area contributed by atoms with E-state index in [9.17, 15) is 0 Å². The molecule has 0 aliphatic heterocycles. The van der Waals surface area contributed by atoms with E-state index in [0.717, 1.165) is 42.4 Å². The molecule has 1 aromatic carbocycles. The van der Waals surface area contributed by atoms with E-state index in [4.69, 9.17) is 4.74 Å². The highest BCUT2D eigenvalue weighted by Crippen LogP contribution is 2.22. The minimum absolute atomic E-state index is 0.793. The molecule has 154 valence electrons. The second-order valence-electron chi connectivity index (χ2n) is 8.10. The number of unbranched alkanes of at least 4 members (excludes halogenated alkanes) is 5. The van der Waals surface area contributed by atoms with E-state index in [1.165, 1.54) is 56.9 Å². The average Bonchev–Trinajstić information content (AvgIpc) is 2.74. The van der Waals surface area contributed by atoms with Crippen LogP contribution in [0.3, 0.4) is 0 Å². The van der Waals surface area contributed by atoms with E-state index in [1.807, 2.05) is 6.20 Å². The second kappa shape index (κ2) is 13.4. The number of benzene rings is 1. The van der Waals surface area contributed by atoms with Gasteiger partial charge < -0.3 is 4.74 Å². The Morgan fingerprint density at radius 1 is 0.857 bits per heavy atom. The van der Waals surface area contributed by atoms with E-state index >= 15 is 0 Å². The van der Waals surface area contributed by atoms with Gasteiger partial charge in [0.1, 0.15) is 5.75 Å². The summed E-state index contributed by atoms with van der Waals surface area (Å²) in [6.07, 6.45) is 14.8. The molecular formula is C26H39NO. The highest BCUT2D eigenvalue weighted by atomic mass is 16.5. The maximum Gasteiger partial charge on any atom is 0.119 e. The van der Waals surface area contributed by atoms with Crippen LogP contribution in [0.4, 0.5) is 0 Å². The molecule has 2 heteroatoms. The summed E-state index contributed by atoms with van der Waals surface area (Å²) in [5.41, 5.74) is 3.54. The van der Waals surface area contributed by atoms with Gasteiger partial charge in [-0.15, -0.1) is 0 Å². The molecule has 0 saturated carbocycles. The summed E-state index contributed by atoms with van der Waals surface area (Å²) in [6.45, 7) is 7.62. The molecule has 0 N–H and O–H groups in total. The largest absolute Gasteiger partial charge is 0.494 e. The summed E-state index contributed by atoms with van der Waals surface area (Å²) >= 11 is 0. The van der Waals surface area contributed by atoms with Crippen molar-refractivity contribution in [1.82, 2.24) is 4.98 Å². The van der Waals surface area contributed by atoms with Crippen molar-refractivity contribution in [2.75, 3.05) is 6.61 Å². The first kappa shape index (κ1) is 22.5. The molecule has 0 aliphatic carbocycles. The number of hydrogen-bond donors (Lipinski definition) is 0. The molecule has 1 atom stereocenters. The standard InChI is InChI=1S/C26H39NO/c1-4-6-7-8-9-10-13-23-14-19-26(27-21-23)24-15-17-25(18-16-24)28-20-11-12-22(3)5-2/h14-19,21-22H,4-13,20H2,1-3H3. The Morgan fingerprint density at radius 3 is 2.29 bits per heavy atom. The average molecular weight is 382 g/mol. The Hall–Kier alpha value is -1.83. The molecule has 2 rings (SSSR count). The van der Waals surface area contributed by atoms with Crippen LogP contribution in [0.1, 0.15) is 84.1 Å². The van der Waals surface area contributed by atoms with Crippen molar-refractivity contribution in [3.63, 3.8) is 0 Å². The van der Waals surface area contributed by atoms with Crippen molar-refractivity contribution in [2.45, 2.75) is 85.0 Å². The first-order valence-electron chi connectivity index (χ1n) is 11.4. The summed E-state index contributed by atoms with van der Waals surface area (Å²) < 4.78 is 5.87. The SMILES string of the molecule is CCCCCCCCc1ccc(-c2ccc(OCCCC(C)CC)cc2)nc1. The fourth-order valence-corrected chi connectivity index (χ4v) is 3.40. The number of nitrogens with zero attached hydrogens (tertiary/aromatic N) is 1. The van der Waals surface area contributed by atoms with Crippen molar-refractivity contribution in [3.05, 3.63) is 48.2 Å². The summed E-state index contributed by atoms with van der Waals surface area (Å²) in [4.78, 5) is 4.67. The van der Waals surface area contributed by atoms with E-state index in [2.05, 4.69) is 62.2 Å². The van der Waals surface area contributed by atoms with Crippen molar-refractivity contribution in [1.29, 1.82) is 0 Å². The molecule has 28 heavy (non-hydrogen) atoms. The first-order chi connectivity index (χ1) is 13.7. The van der Waals surface area contributed by atoms with Crippen LogP contribution in [0.15, 0.2) is 42.6 Å². The van der Waals surface area contributed by atoms with Gasteiger partial charge in [0.15, 0.2) is 0 Å². The Balaban J connectivity index is 1.74. The zero-order valence-electron chi connectivity index (χ0n) is 18.3. The number of hydrogen-bond acceptors (Lipinski definition) is 2. The molecule has 1 aromatic heterocycles. The van der Waals surface area contributed by atoms with Crippen LogP contribution >= 0.6 is 0 Å². The molecule has 2 nitrogen and oxygen atoms in total. The van der Waals surface area contributed by atoms with Gasteiger partial charge in [-0.05, 0) is 67.5 Å². The van der Waals surface area contributed by atoms with Gasteiger partial charge in [0.25, 0.3) is 0 Å². The lowest BCUT2D eigenvalue weighted by atomic mass is 10.0. The minimum atomic E-state index is 0.793. The third kappa shape index (κ3) is 8.46. The smallest absolute Gasteiger partial charge is 0.119 e. The van der Waals surface area contributed by atoms with Crippen LogP contribution < -0.4 is 4.74 Å². The molecule has 0 saturated heterocycles. The summed E-state index contributed by atoms with van der Waals surface area (Å²) in [6, 6.07) is 12.7. The fourth-order valence-electron chi connectivity index (χ4n) is 3.40. The molecule has 0 aliphatic rings. The maximum absolute atomic E-state index is 5.87. The predicted molar refractivity (Wildman–Crippen MR) is 121 cm³/mol. The Kier molecular flexibility index (Phi) is 10.7. The zero-order valence-corrected chi connectivity index (χ0v) is 18.3.